The minimum Gasteiger partial charge on any atom is -0.461 e. The molecule has 0 saturated carbocycles. The van der Waals surface area contributed by atoms with E-state index in [4.69, 9.17) is 4.74 Å². The van der Waals surface area contributed by atoms with Gasteiger partial charge in [0.05, 0.1) is 19.7 Å². The first-order valence-corrected chi connectivity index (χ1v) is 8.22. The maximum atomic E-state index is 12.7. The summed E-state index contributed by atoms with van der Waals surface area (Å²) in [5, 5.41) is 4.38. The van der Waals surface area contributed by atoms with E-state index < -0.39 is 5.97 Å². The van der Waals surface area contributed by atoms with Gasteiger partial charge in [0.1, 0.15) is 5.69 Å². The van der Waals surface area contributed by atoms with E-state index in [1.54, 1.807) is 47.0 Å². The Balaban J connectivity index is 1.92. The van der Waals surface area contributed by atoms with Crippen molar-refractivity contribution in [3.8, 4) is 0 Å². The van der Waals surface area contributed by atoms with Gasteiger partial charge >= 0.3 is 5.97 Å². The molecule has 0 saturated heterocycles. The topological polar surface area (TPSA) is 77.3 Å². The number of ether oxygens (including phenoxy) is 1. The molecular weight excluding hydrogens is 320 g/mol. The van der Waals surface area contributed by atoms with Crippen molar-refractivity contribution in [1.82, 2.24) is 19.7 Å². The molecule has 0 aromatic carbocycles. The molecule has 7 nitrogen and oxygen atoms in total. The summed E-state index contributed by atoms with van der Waals surface area (Å²) in [6.07, 6.45) is 3.94. The number of carbonyl (C=O) groups is 2. The van der Waals surface area contributed by atoms with E-state index in [1.165, 1.54) is 0 Å². The van der Waals surface area contributed by atoms with Gasteiger partial charge in [0.15, 0.2) is 5.69 Å². The smallest absolute Gasteiger partial charge is 0.359 e. The molecule has 7 heteroatoms. The molecule has 0 atom stereocenters. The zero-order valence-electron chi connectivity index (χ0n) is 14.1. The van der Waals surface area contributed by atoms with Gasteiger partial charge < -0.3 is 9.64 Å². The van der Waals surface area contributed by atoms with Gasteiger partial charge in [-0.05, 0) is 19.1 Å². The highest BCUT2D eigenvalue weighted by molar-refractivity contribution is 5.93. The normalized spacial score (nSPS) is 13.2. The number of fused-ring (bicyclic) bond motifs is 1. The average molecular weight is 340 g/mol. The van der Waals surface area contributed by atoms with Crippen molar-refractivity contribution >= 4 is 11.9 Å². The molecule has 3 heterocycles. The number of hydrogen-bond acceptors (Lipinski definition) is 5. The lowest BCUT2D eigenvalue weighted by Crippen LogP contribution is -2.37. The van der Waals surface area contributed by atoms with Gasteiger partial charge in [0.2, 0.25) is 0 Å². The molecular formula is C18H20N4O3. The average Bonchev–Trinajstić information content (AvgIpc) is 3.00. The van der Waals surface area contributed by atoms with Crippen molar-refractivity contribution in [2.24, 2.45) is 0 Å². The van der Waals surface area contributed by atoms with E-state index in [9.17, 15) is 9.59 Å². The summed E-state index contributed by atoms with van der Waals surface area (Å²) in [7, 11) is 0. The van der Waals surface area contributed by atoms with Crippen molar-refractivity contribution < 1.29 is 14.3 Å². The van der Waals surface area contributed by atoms with Crippen LogP contribution in [0.1, 0.15) is 39.2 Å². The Morgan fingerprint density at radius 3 is 2.92 bits per heavy atom. The molecule has 0 N–H and O–H groups in total. The van der Waals surface area contributed by atoms with E-state index in [0.717, 1.165) is 11.3 Å². The third-order valence-electron chi connectivity index (χ3n) is 4.08. The summed E-state index contributed by atoms with van der Waals surface area (Å²) in [6, 6.07) is 5.23. The van der Waals surface area contributed by atoms with Crippen LogP contribution in [-0.4, -0.2) is 44.7 Å². The third-order valence-corrected chi connectivity index (χ3v) is 4.08. The van der Waals surface area contributed by atoms with Crippen LogP contribution in [0.2, 0.25) is 0 Å². The first-order chi connectivity index (χ1) is 12.2. The molecule has 0 aliphatic carbocycles. The number of carbonyl (C=O) groups excluding carboxylic acids is 2. The number of aromatic nitrogens is 3. The number of hydrogen-bond donors (Lipinski definition) is 0. The predicted octanol–water partition coefficient (Wildman–Crippen LogP) is 1.84. The zero-order valence-corrected chi connectivity index (χ0v) is 14.1. The van der Waals surface area contributed by atoms with Gasteiger partial charge in [-0.3, -0.25) is 14.5 Å². The third kappa shape index (κ3) is 3.31. The number of rotatable bonds is 5. The van der Waals surface area contributed by atoms with Crippen molar-refractivity contribution in [2.45, 2.75) is 26.4 Å². The Labute approximate surface area is 145 Å². The van der Waals surface area contributed by atoms with Gasteiger partial charge in [-0.2, -0.15) is 5.10 Å². The van der Waals surface area contributed by atoms with Crippen LogP contribution in [0.15, 0.2) is 37.1 Å². The zero-order chi connectivity index (χ0) is 17.8. The quantitative estimate of drug-likeness (QED) is 0.613. The first kappa shape index (κ1) is 16.9. The monoisotopic (exact) mass is 340 g/mol. The minimum atomic E-state index is -0.464. The summed E-state index contributed by atoms with van der Waals surface area (Å²) >= 11 is 0. The van der Waals surface area contributed by atoms with Crippen molar-refractivity contribution in [3.05, 3.63) is 59.7 Å². The Morgan fingerprint density at radius 2 is 2.24 bits per heavy atom. The summed E-state index contributed by atoms with van der Waals surface area (Å²) in [6.45, 7) is 7.13. The minimum absolute atomic E-state index is 0.155. The lowest BCUT2D eigenvalue weighted by atomic mass is 10.0. The highest BCUT2D eigenvalue weighted by atomic mass is 16.5. The van der Waals surface area contributed by atoms with Crippen LogP contribution in [0.25, 0.3) is 0 Å². The second-order valence-corrected chi connectivity index (χ2v) is 5.66. The molecule has 1 amide bonds. The molecule has 0 fully saturated rings. The van der Waals surface area contributed by atoms with Crippen molar-refractivity contribution in [1.29, 1.82) is 0 Å². The van der Waals surface area contributed by atoms with Crippen LogP contribution in [0.3, 0.4) is 0 Å². The van der Waals surface area contributed by atoms with Crippen LogP contribution < -0.4 is 0 Å². The van der Waals surface area contributed by atoms with Crippen LogP contribution in [0.4, 0.5) is 0 Å². The van der Waals surface area contributed by atoms with E-state index >= 15 is 0 Å². The number of amides is 1. The van der Waals surface area contributed by atoms with E-state index in [-0.39, 0.29) is 18.2 Å². The van der Waals surface area contributed by atoms with E-state index in [2.05, 4.69) is 16.7 Å². The van der Waals surface area contributed by atoms with Crippen LogP contribution >= 0.6 is 0 Å². The highest BCUT2D eigenvalue weighted by Crippen LogP contribution is 2.24. The summed E-state index contributed by atoms with van der Waals surface area (Å²) in [4.78, 5) is 30.7. The summed E-state index contributed by atoms with van der Waals surface area (Å²) < 4.78 is 6.87. The molecule has 0 radical (unpaired) electrons. The lowest BCUT2D eigenvalue weighted by molar-refractivity contribution is 0.0513. The van der Waals surface area contributed by atoms with Gasteiger partial charge in [-0.1, -0.05) is 12.1 Å². The molecule has 130 valence electrons. The second kappa shape index (κ2) is 7.29. The number of allylic oxidation sites excluding steroid dienone is 1. The SMILES string of the molecule is C=CCn1nc(C(=O)OCC)c2c1CCN(C(=O)c1ccccn1)C2. The fourth-order valence-corrected chi connectivity index (χ4v) is 2.95. The number of nitrogens with zero attached hydrogens (tertiary/aromatic N) is 4. The van der Waals surface area contributed by atoms with Gasteiger partial charge in [0, 0.05) is 30.4 Å². The molecule has 0 bridgehead atoms. The maximum Gasteiger partial charge on any atom is 0.359 e. The predicted molar refractivity (Wildman–Crippen MR) is 91.1 cm³/mol. The molecule has 3 rings (SSSR count). The Morgan fingerprint density at radius 1 is 1.40 bits per heavy atom. The molecule has 2 aromatic rings. The molecule has 1 aliphatic heterocycles. The highest BCUT2D eigenvalue weighted by Gasteiger charge is 2.31. The Bertz CT molecular complexity index is 798. The molecule has 0 unspecified atom stereocenters. The molecule has 25 heavy (non-hydrogen) atoms. The van der Waals surface area contributed by atoms with E-state index in [0.29, 0.717) is 31.7 Å². The standard InChI is InChI=1S/C18H20N4O3/c1-3-10-22-15-8-11-21(17(23)14-7-5-6-9-19-14)12-13(15)16(20-22)18(24)25-4-2/h3,5-7,9H,1,4,8,10-12H2,2H3. The molecule has 1 aliphatic rings. The fraction of sp³-hybridized carbons (Fsp3) is 0.333. The van der Waals surface area contributed by atoms with Crippen molar-refractivity contribution in [2.75, 3.05) is 13.2 Å². The van der Waals surface area contributed by atoms with Gasteiger partial charge in [0.25, 0.3) is 5.91 Å². The fourth-order valence-electron chi connectivity index (χ4n) is 2.95. The first-order valence-electron chi connectivity index (χ1n) is 8.22. The second-order valence-electron chi connectivity index (χ2n) is 5.66. The van der Waals surface area contributed by atoms with Crippen LogP contribution in [0, 0.1) is 0 Å². The Kier molecular flexibility index (Phi) is 4.92. The maximum absolute atomic E-state index is 12.7. The van der Waals surface area contributed by atoms with Crippen LogP contribution in [0.5, 0.6) is 0 Å². The Hall–Kier alpha value is -2.96. The number of esters is 1. The summed E-state index contributed by atoms with van der Waals surface area (Å²) in [5.74, 6) is -0.619. The van der Waals surface area contributed by atoms with E-state index in [1.807, 2.05) is 0 Å². The van der Waals surface area contributed by atoms with Gasteiger partial charge in [-0.25, -0.2) is 4.79 Å². The van der Waals surface area contributed by atoms with Crippen LogP contribution in [-0.2, 0) is 24.2 Å². The lowest BCUT2D eigenvalue weighted by Gasteiger charge is -2.27. The molecule has 0 spiro atoms. The van der Waals surface area contributed by atoms with Crippen molar-refractivity contribution in [3.63, 3.8) is 0 Å². The largest absolute Gasteiger partial charge is 0.461 e. The summed E-state index contributed by atoms with van der Waals surface area (Å²) in [5.41, 5.74) is 2.36. The number of pyridine rings is 1. The molecule has 2 aromatic heterocycles. The van der Waals surface area contributed by atoms with Gasteiger partial charge in [-0.15, -0.1) is 6.58 Å².